The average Bonchev–Trinajstić information content (AvgIpc) is 2.85. The van der Waals surface area contributed by atoms with Gasteiger partial charge in [-0.1, -0.05) is 0 Å². The van der Waals surface area contributed by atoms with Crippen molar-refractivity contribution in [2.75, 3.05) is 26.8 Å². The standard InChI is InChI=1S/C10H14N4O5/c1-19-3-2-11-6(15)4-12-9(16)7-8(10(17)18)14-5-13-7/h5H,2-4H2,1H3,(H,11,15)(H,12,16)(H,13,14)(H,17,18). The van der Waals surface area contributed by atoms with Crippen LogP contribution in [0.4, 0.5) is 0 Å². The van der Waals surface area contributed by atoms with Gasteiger partial charge in [-0.2, -0.15) is 0 Å². The summed E-state index contributed by atoms with van der Waals surface area (Å²) in [7, 11) is 1.50. The summed E-state index contributed by atoms with van der Waals surface area (Å²) in [5, 5.41) is 13.5. The maximum Gasteiger partial charge on any atom is 0.354 e. The van der Waals surface area contributed by atoms with Crippen LogP contribution in [0.15, 0.2) is 6.33 Å². The Morgan fingerprint density at radius 2 is 2.16 bits per heavy atom. The van der Waals surface area contributed by atoms with Crippen LogP contribution >= 0.6 is 0 Å². The lowest BCUT2D eigenvalue weighted by atomic mass is 10.3. The van der Waals surface area contributed by atoms with Crippen molar-refractivity contribution in [3.8, 4) is 0 Å². The molecule has 0 spiro atoms. The monoisotopic (exact) mass is 270 g/mol. The van der Waals surface area contributed by atoms with E-state index in [-0.39, 0.29) is 17.9 Å². The summed E-state index contributed by atoms with van der Waals surface area (Å²) >= 11 is 0. The number of carbonyl (C=O) groups excluding carboxylic acids is 2. The number of carboxylic acids is 1. The van der Waals surface area contributed by atoms with Gasteiger partial charge >= 0.3 is 5.97 Å². The number of hydrogen-bond donors (Lipinski definition) is 4. The quantitative estimate of drug-likeness (QED) is 0.450. The molecule has 0 atom stereocenters. The molecule has 4 N–H and O–H groups in total. The van der Waals surface area contributed by atoms with Gasteiger partial charge in [0.1, 0.15) is 0 Å². The zero-order chi connectivity index (χ0) is 14.3. The molecule has 0 aliphatic rings. The Balaban J connectivity index is 2.45. The van der Waals surface area contributed by atoms with Crippen LogP contribution in [0.25, 0.3) is 0 Å². The molecule has 0 aliphatic heterocycles. The summed E-state index contributed by atoms with van der Waals surface area (Å²) in [6.45, 7) is 0.421. The lowest BCUT2D eigenvalue weighted by Crippen LogP contribution is -2.38. The second-order valence-electron chi connectivity index (χ2n) is 3.46. The number of carboxylic acid groups (broad SMARTS) is 1. The normalized spacial score (nSPS) is 9.95. The van der Waals surface area contributed by atoms with Crippen LogP contribution in [-0.2, 0) is 9.53 Å². The molecule has 0 radical (unpaired) electrons. The molecular formula is C10H14N4O5. The van der Waals surface area contributed by atoms with Crippen molar-refractivity contribution in [3.05, 3.63) is 17.7 Å². The van der Waals surface area contributed by atoms with E-state index in [1.54, 1.807) is 0 Å². The molecule has 1 rings (SSSR count). The fraction of sp³-hybridized carbons (Fsp3) is 0.400. The smallest absolute Gasteiger partial charge is 0.354 e. The molecule has 0 aliphatic carbocycles. The van der Waals surface area contributed by atoms with Gasteiger partial charge < -0.3 is 25.5 Å². The molecule has 2 amide bonds. The van der Waals surface area contributed by atoms with Crippen LogP contribution in [0.5, 0.6) is 0 Å². The van der Waals surface area contributed by atoms with Crippen LogP contribution in [0.3, 0.4) is 0 Å². The van der Waals surface area contributed by atoms with Gasteiger partial charge in [-0.3, -0.25) is 9.59 Å². The number of H-pyrrole nitrogens is 1. The van der Waals surface area contributed by atoms with E-state index in [0.29, 0.717) is 13.2 Å². The predicted molar refractivity (Wildman–Crippen MR) is 62.8 cm³/mol. The first-order valence-electron chi connectivity index (χ1n) is 5.36. The van der Waals surface area contributed by atoms with Crippen molar-refractivity contribution >= 4 is 17.8 Å². The maximum atomic E-state index is 11.6. The van der Waals surface area contributed by atoms with E-state index in [4.69, 9.17) is 9.84 Å². The maximum absolute atomic E-state index is 11.6. The van der Waals surface area contributed by atoms with E-state index in [1.165, 1.54) is 7.11 Å². The third-order valence-electron chi connectivity index (χ3n) is 2.11. The number of carbonyl (C=O) groups is 3. The zero-order valence-corrected chi connectivity index (χ0v) is 10.2. The van der Waals surface area contributed by atoms with Gasteiger partial charge in [-0.05, 0) is 0 Å². The molecule has 1 heterocycles. The second-order valence-corrected chi connectivity index (χ2v) is 3.46. The number of aromatic amines is 1. The largest absolute Gasteiger partial charge is 0.477 e. The van der Waals surface area contributed by atoms with E-state index >= 15 is 0 Å². The molecule has 9 heteroatoms. The zero-order valence-electron chi connectivity index (χ0n) is 10.2. The van der Waals surface area contributed by atoms with Gasteiger partial charge in [0.2, 0.25) is 5.91 Å². The first kappa shape index (κ1) is 14.6. The molecular weight excluding hydrogens is 256 g/mol. The third kappa shape index (κ3) is 4.39. The Hall–Kier alpha value is -2.42. The number of hydrogen-bond acceptors (Lipinski definition) is 5. The SMILES string of the molecule is COCCNC(=O)CNC(=O)c1nc[nH]c1C(=O)O. The number of aromatic carboxylic acids is 1. The van der Waals surface area contributed by atoms with Crippen LogP contribution < -0.4 is 10.6 Å². The Morgan fingerprint density at radius 3 is 2.79 bits per heavy atom. The minimum absolute atomic E-state index is 0.266. The van der Waals surface area contributed by atoms with Crippen LogP contribution in [0, 0.1) is 0 Å². The van der Waals surface area contributed by atoms with Crippen molar-refractivity contribution in [1.82, 2.24) is 20.6 Å². The van der Waals surface area contributed by atoms with Crippen molar-refractivity contribution in [2.45, 2.75) is 0 Å². The first-order chi connectivity index (χ1) is 9.06. The molecule has 0 unspecified atom stereocenters. The minimum Gasteiger partial charge on any atom is -0.477 e. The molecule has 0 aromatic carbocycles. The first-order valence-corrected chi connectivity index (χ1v) is 5.36. The highest BCUT2D eigenvalue weighted by Gasteiger charge is 2.19. The van der Waals surface area contributed by atoms with E-state index in [0.717, 1.165) is 6.33 Å². The second kappa shape index (κ2) is 7.11. The van der Waals surface area contributed by atoms with E-state index in [1.807, 2.05) is 0 Å². The van der Waals surface area contributed by atoms with Crippen molar-refractivity contribution in [3.63, 3.8) is 0 Å². The minimum atomic E-state index is -1.30. The van der Waals surface area contributed by atoms with E-state index in [2.05, 4.69) is 20.6 Å². The molecule has 104 valence electrons. The molecule has 1 aromatic rings. The highest BCUT2D eigenvalue weighted by molar-refractivity contribution is 6.03. The van der Waals surface area contributed by atoms with Gasteiger partial charge in [0.05, 0.1) is 19.5 Å². The predicted octanol–water partition coefficient (Wildman–Crippen LogP) is -1.40. The van der Waals surface area contributed by atoms with Crippen LogP contribution in [0.2, 0.25) is 0 Å². The molecule has 0 fully saturated rings. The Morgan fingerprint density at radius 1 is 1.42 bits per heavy atom. The Labute approximate surface area is 108 Å². The Kier molecular flexibility index (Phi) is 5.48. The lowest BCUT2D eigenvalue weighted by molar-refractivity contribution is -0.120. The molecule has 0 bridgehead atoms. The molecule has 1 aromatic heterocycles. The van der Waals surface area contributed by atoms with Crippen LogP contribution in [-0.4, -0.2) is 59.7 Å². The summed E-state index contributed by atoms with van der Waals surface area (Å²) < 4.78 is 4.74. The summed E-state index contributed by atoms with van der Waals surface area (Å²) in [5.74, 6) is -2.44. The van der Waals surface area contributed by atoms with E-state index < -0.39 is 17.8 Å². The fourth-order valence-corrected chi connectivity index (χ4v) is 1.23. The highest BCUT2D eigenvalue weighted by atomic mass is 16.5. The highest BCUT2D eigenvalue weighted by Crippen LogP contribution is 2.01. The van der Waals surface area contributed by atoms with Gasteiger partial charge in [-0.25, -0.2) is 9.78 Å². The molecule has 0 saturated heterocycles. The summed E-state index contributed by atoms with van der Waals surface area (Å²) in [5.41, 5.74) is -0.588. The van der Waals surface area contributed by atoms with Crippen LogP contribution in [0.1, 0.15) is 21.0 Å². The summed E-state index contributed by atoms with van der Waals surface area (Å²) in [4.78, 5) is 39.6. The van der Waals surface area contributed by atoms with E-state index in [9.17, 15) is 14.4 Å². The topological polar surface area (TPSA) is 133 Å². The summed E-state index contributed by atoms with van der Waals surface area (Å²) in [6.07, 6.45) is 1.09. The van der Waals surface area contributed by atoms with Crippen molar-refractivity contribution in [2.24, 2.45) is 0 Å². The molecule has 0 saturated carbocycles. The van der Waals surface area contributed by atoms with Gasteiger partial charge in [0.15, 0.2) is 11.4 Å². The van der Waals surface area contributed by atoms with Gasteiger partial charge in [0, 0.05) is 13.7 Å². The molecule has 19 heavy (non-hydrogen) atoms. The van der Waals surface area contributed by atoms with Crippen molar-refractivity contribution < 1.29 is 24.2 Å². The summed E-state index contributed by atoms with van der Waals surface area (Å²) in [6, 6.07) is 0. The number of methoxy groups -OCH3 is 1. The Bertz CT molecular complexity index is 470. The number of nitrogens with zero attached hydrogens (tertiary/aromatic N) is 1. The number of rotatable bonds is 7. The van der Waals surface area contributed by atoms with Gasteiger partial charge in [0.25, 0.3) is 5.91 Å². The van der Waals surface area contributed by atoms with Gasteiger partial charge in [-0.15, -0.1) is 0 Å². The third-order valence-corrected chi connectivity index (χ3v) is 2.11. The van der Waals surface area contributed by atoms with Crippen molar-refractivity contribution in [1.29, 1.82) is 0 Å². The number of ether oxygens (including phenoxy) is 1. The number of nitrogens with one attached hydrogen (secondary N) is 3. The molecule has 9 nitrogen and oxygen atoms in total. The number of amides is 2. The number of aromatic nitrogens is 2. The lowest BCUT2D eigenvalue weighted by Gasteiger charge is -2.05. The average molecular weight is 270 g/mol. The fourth-order valence-electron chi connectivity index (χ4n) is 1.23. The number of imidazole rings is 1.